The van der Waals surface area contributed by atoms with Crippen LogP contribution in [-0.4, -0.2) is 79.7 Å². The second-order valence-electron chi connectivity index (χ2n) is 16.0. The smallest absolute Gasteiger partial charge is 0.187 e. The van der Waals surface area contributed by atoms with Crippen molar-refractivity contribution < 1.29 is 47.7 Å². The third kappa shape index (κ3) is 13.4. The highest BCUT2D eigenvalue weighted by molar-refractivity contribution is 5.17. The monoisotopic (exact) mass is 846 g/mol. The van der Waals surface area contributed by atoms with Gasteiger partial charge in [0, 0.05) is 6.61 Å². The third-order valence-electron chi connectivity index (χ3n) is 11.2. The molecule has 0 spiro atoms. The van der Waals surface area contributed by atoms with Crippen LogP contribution in [0.25, 0.3) is 0 Å². The van der Waals surface area contributed by atoms with E-state index in [-0.39, 0.29) is 26.4 Å². The quantitative estimate of drug-likeness (QED) is 0.0642. The lowest BCUT2D eigenvalue weighted by molar-refractivity contribution is -0.372. The van der Waals surface area contributed by atoms with E-state index in [1.165, 1.54) is 0 Å². The van der Waals surface area contributed by atoms with Crippen LogP contribution in [0, 0.1) is 0 Å². The Hall–Kier alpha value is -4.30. The van der Waals surface area contributed by atoms with Crippen LogP contribution in [0.5, 0.6) is 0 Å². The first-order chi connectivity index (χ1) is 30.6. The molecular formula is C52H62O10. The van der Waals surface area contributed by atoms with E-state index < -0.39 is 61.4 Å². The molecule has 7 rings (SSSR count). The van der Waals surface area contributed by atoms with Gasteiger partial charge in [0.05, 0.1) is 45.7 Å². The summed E-state index contributed by atoms with van der Waals surface area (Å²) in [4.78, 5) is 0. The number of hydrogen-bond acceptors (Lipinski definition) is 10. The lowest BCUT2D eigenvalue weighted by atomic mass is 9.96. The summed E-state index contributed by atoms with van der Waals surface area (Å²) in [6.45, 7) is 6.12. The molecule has 62 heavy (non-hydrogen) atoms. The molecule has 0 bridgehead atoms. The molecule has 0 saturated carbocycles. The number of aliphatic hydroxyl groups excluding tert-OH is 1. The van der Waals surface area contributed by atoms with Gasteiger partial charge in [-0.3, -0.25) is 0 Å². The topological polar surface area (TPSA) is 103 Å². The Labute approximate surface area is 366 Å². The second-order valence-corrected chi connectivity index (χ2v) is 16.0. The first-order valence-corrected chi connectivity index (χ1v) is 22.1. The van der Waals surface area contributed by atoms with Gasteiger partial charge in [0.1, 0.15) is 42.7 Å². The van der Waals surface area contributed by atoms with Crippen LogP contribution in [0.15, 0.2) is 152 Å². The minimum Gasteiger partial charge on any atom is -0.385 e. The van der Waals surface area contributed by atoms with Gasteiger partial charge in [-0.05, 0) is 41.2 Å². The highest BCUT2D eigenvalue weighted by Crippen LogP contribution is 2.36. The van der Waals surface area contributed by atoms with E-state index in [2.05, 4.69) is 6.92 Å². The SMILES string of the molecule is CCCCCO[C@@H]1O[C@@H](C)[C@H](OCc2ccccc2)[C@@H](O[C@H]2O[C@H](COCc3ccccc3)[C@@H](OCc3ccccc3)[C@H](OCc3ccccc3)[C@H]2OCc2ccccc2)[C@H]1O. The normalized spacial score (nSPS) is 26.3. The number of ether oxygens (including phenoxy) is 9. The van der Waals surface area contributed by atoms with Gasteiger partial charge in [-0.2, -0.15) is 0 Å². The predicted octanol–water partition coefficient (Wildman–Crippen LogP) is 8.97. The molecule has 10 nitrogen and oxygen atoms in total. The van der Waals surface area contributed by atoms with E-state index >= 15 is 0 Å². The van der Waals surface area contributed by atoms with Crippen LogP contribution in [-0.2, 0) is 75.7 Å². The summed E-state index contributed by atoms with van der Waals surface area (Å²) in [5.74, 6) is 0. The van der Waals surface area contributed by atoms with Gasteiger partial charge in [0.25, 0.3) is 0 Å². The summed E-state index contributed by atoms with van der Waals surface area (Å²) in [5, 5.41) is 12.2. The van der Waals surface area contributed by atoms with Crippen molar-refractivity contribution in [2.24, 2.45) is 0 Å². The molecule has 2 saturated heterocycles. The molecule has 0 aromatic heterocycles. The van der Waals surface area contributed by atoms with Gasteiger partial charge in [-0.25, -0.2) is 0 Å². The summed E-state index contributed by atoms with van der Waals surface area (Å²) >= 11 is 0. The highest BCUT2D eigenvalue weighted by Gasteiger charge is 2.53. The highest BCUT2D eigenvalue weighted by atomic mass is 16.8. The van der Waals surface area contributed by atoms with Gasteiger partial charge in [-0.15, -0.1) is 0 Å². The molecule has 1 N–H and O–H groups in total. The van der Waals surface area contributed by atoms with E-state index in [9.17, 15) is 5.11 Å². The Bertz CT molecular complexity index is 1940. The van der Waals surface area contributed by atoms with Crippen LogP contribution in [0.4, 0.5) is 0 Å². The lowest BCUT2D eigenvalue weighted by Gasteiger charge is -2.49. The zero-order chi connectivity index (χ0) is 42.8. The first kappa shape index (κ1) is 45.7. The third-order valence-corrected chi connectivity index (χ3v) is 11.2. The maximum Gasteiger partial charge on any atom is 0.187 e. The molecule has 5 aromatic carbocycles. The van der Waals surface area contributed by atoms with Gasteiger partial charge in [-0.1, -0.05) is 171 Å². The maximum atomic E-state index is 12.2. The van der Waals surface area contributed by atoms with Gasteiger partial charge < -0.3 is 47.7 Å². The molecule has 5 aromatic rings. The Balaban J connectivity index is 1.24. The van der Waals surface area contributed by atoms with Gasteiger partial charge in [0.2, 0.25) is 0 Å². The summed E-state index contributed by atoms with van der Waals surface area (Å²) in [6.07, 6.45) is -5.42. The zero-order valence-corrected chi connectivity index (χ0v) is 35.9. The van der Waals surface area contributed by atoms with Crippen LogP contribution >= 0.6 is 0 Å². The van der Waals surface area contributed by atoms with E-state index in [1.807, 2.05) is 159 Å². The molecule has 10 heteroatoms. The minimum atomic E-state index is -1.23. The van der Waals surface area contributed by atoms with Crippen molar-refractivity contribution in [2.45, 2.75) is 128 Å². The van der Waals surface area contributed by atoms with Crippen molar-refractivity contribution >= 4 is 0 Å². The van der Waals surface area contributed by atoms with Gasteiger partial charge in [0.15, 0.2) is 12.6 Å². The van der Waals surface area contributed by atoms with Crippen LogP contribution in [0.3, 0.4) is 0 Å². The average molecular weight is 847 g/mol. The Morgan fingerprint density at radius 2 is 0.887 bits per heavy atom. The van der Waals surface area contributed by atoms with E-state index in [0.29, 0.717) is 19.8 Å². The second kappa shape index (κ2) is 24.5. The summed E-state index contributed by atoms with van der Waals surface area (Å²) < 4.78 is 60.4. The number of hydrogen-bond donors (Lipinski definition) is 1. The van der Waals surface area contributed by atoms with Crippen molar-refractivity contribution in [2.75, 3.05) is 13.2 Å². The minimum absolute atomic E-state index is 0.161. The molecule has 2 aliphatic heterocycles. The molecular weight excluding hydrogens is 785 g/mol. The maximum absolute atomic E-state index is 12.2. The molecule has 0 aliphatic carbocycles. The fourth-order valence-corrected chi connectivity index (χ4v) is 7.84. The van der Waals surface area contributed by atoms with E-state index in [0.717, 1.165) is 47.1 Å². The number of unbranched alkanes of at least 4 members (excludes halogenated alkanes) is 2. The largest absolute Gasteiger partial charge is 0.385 e. The summed E-state index contributed by atoms with van der Waals surface area (Å²) in [6, 6.07) is 50.0. The molecule has 330 valence electrons. The van der Waals surface area contributed by atoms with E-state index in [4.69, 9.17) is 42.6 Å². The average Bonchev–Trinajstić information content (AvgIpc) is 3.31. The Morgan fingerprint density at radius 1 is 0.452 bits per heavy atom. The summed E-state index contributed by atoms with van der Waals surface area (Å²) in [7, 11) is 0. The van der Waals surface area contributed by atoms with Crippen LogP contribution < -0.4 is 0 Å². The van der Waals surface area contributed by atoms with Crippen LogP contribution in [0.2, 0.25) is 0 Å². The fourth-order valence-electron chi connectivity index (χ4n) is 7.84. The van der Waals surface area contributed by atoms with Crippen LogP contribution in [0.1, 0.15) is 60.9 Å². The predicted molar refractivity (Wildman–Crippen MR) is 236 cm³/mol. The first-order valence-electron chi connectivity index (χ1n) is 22.1. The van der Waals surface area contributed by atoms with Gasteiger partial charge >= 0.3 is 0 Å². The number of rotatable bonds is 23. The molecule has 0 amide bonds. The molecule has 2 fully saturated rings. The summed E-state index contributed by atoms with van der Waals surface area (Å²) in [5.41, 5.74) is 4.96. The number of aliphatic hydroxyl groups is 1. The fraction of sp³-hybridized carbons (Fsp3) is 0.423. The van der Waals surface area contributed by atoms with E-state index in [1.54, 1.807) is 0 Å². The Kier molecular flexibility index (Phi) is 18.1. The van der Waals surface area contributed by atoms with Crippen molar-refractivity contribution in [3.63, 3.8) is 0 Å². The molecule has 0 radical (unpaired) electrons. The number of benzene rings is 5. The molecule has 2 heterocycles. The zero-order valence-electron chi connectivity index (χ0n) is 35.9. The molecule has 10 atom stereocenters. The van der Waals surface area contributed by atoms with Crippen molar-refractivity contribution in [1.29, 1.82) is 0 Å². The Morgan fingerprint density at radius 3 is 1.37 bits per heavy atom. The standard InChI is InChI=1S/C52H62O10/c1-3-4-20-31-55-51-45(53)48(46(38(2)60-51)56-33-40-23-12-6-13-24-40)62-52-50(59-36-43-29-18-9-19-30-43)49(58-35-42-27-16-8-17-28-42)47(57-34-41-25-14-7-15-26-41)44(61-52)37-54-32-39-21-10-5-11-22-39/h5-19,21-30,38,44-53H,3-4,20,31-37H2,1-2H3/t38-,44+,45+,46-,47+,48-,49-,50+,51+,52+/m0/s1. The van der Waals surface area contributed by atoms with Crippen molar-refractivity contribution in [3.8, 4) is 0 Å². The van der Waals surface area contributed by atoms with Crippen molar-refractivity contribution in [3.05, 3.63) is 179 Å². The molecule has 2 aliphatic rings. The van der Waals surface area contributed by atoms with Crippen molar-refractivity contribution in [1.82, 2.24) is 0 Å². The lowest BCUT2D eigenvalue weighted by Crippen LogP contribution is -2.65. The molecule has 0 unspecified atom stereocenters.